The number of nitrogens with zero attached hydrogens (tertiary/aromatic N) is 1. The Morgan fingerprint density at radius 3 is 2.72 bits per heavy atom. The van der Waals surface area contributed by atoms with Crippen LogP contribution in [-0.4, -0.2) is 36.7 Å². The van der Waals surface area contributed by atoms with E-state index < -0.39 is 12.0 Å². The summed E-state index contributed by atoms with van der Waals surface area (Å²) in [7, 11) is 0. The SMILES string of the molecule is O=C(CO)c1ccc2c(c1)C[C@@]1(CC2)CCN(c2ccc3c(c2)OCO3)C1=O.S. The van der Waals surface area contributed by atoms with Gasteiger partial charge in [-0.05, 0) is 55.0 Å². The number of aryl methyl sites for hydroxylation is 1. The number of benzene rings is 2. The van der Waals surface area contributed by atoms with E-state index in [1.807, 2.05) is 35.2 Å². The summed E-state index contributed by atoms with van der Waals surface area (Å²) in [5.41, 5.74) is 3.16. The molecule has 1 saturated heterocycles. The molecule has 3 aliphatic rings. The van der Waals surface area contributed by atoms with Crippen molar-refractivity contribution in [2.24, 2.45) is 5.41 Å². The Labute approximate surface area is 175 Å². The van der Waals surface area contributed by atoms with E-state index in [-0.39, 0.29) is 32.0 Å². The highest BCUT2D eigenvalue weighted by molar-refractivity contribution is 7.59. The molecule has 1 amide bonds. The molecule has 0 aromatic heterocycles. The molecule has 6 nitrogen and oxygen atoms in total. The predicted octanol–water partition coefficient (Wildman–Crippen LogP) is 2.62. The number of ketones is 1. The van der Waals surface area contributed by atoms with Crippen molar-refractivity contribution >= 4 is 30.9 Å². The lowest BCUT2D eigenvalue weighted by molar-refractivity contribution is -0.126. The molecule has 0 unspecified atom stereocenters. The minimum Gasteiger partial charge on any atom is -0.454 e. The average molecular weight is 413 g/mol. The van der Waals surface area contributed by atoms with Gasteiger partial charge in [0.2, 0.25) is 12.7 Å². The van der Waals surface area contributed by atoms with E-state index in [1.54, 1.807) is 6.07 Å². The molecule has 0 saturated carbocycles. The van der Waals surface area contributed by atoms with Gasteiger partial charge in [0.05, 0.1) is 5.41 Å². The first kappa shape index (κ1) is 19.8. The van der Waals surface area contributed by atoms with E-state index in [4.69, 9.17) is 14.6 Å². The zero-order chi connectivity index (χ0) is 19.3. The van der Waals surface area contributed by atoms with Crippen molar-refractivity contribution in [3.8, 4) is 11.5 Å². The smallest absolute Gasteiger partial charge is 0.233 e. The van der Waals surface area contributed by atoms with Gasteiger partial charge < -0.3 is 19.5 Å². The van der Waals surface area contributed by atoms with E-state index in [2.05, 4.69) is 0 Å². The maximum atomic E-state index is 13.4. The van der Waals surface area contributed by atoms with Crippen molar-refractivity contribution in [1.82, 2.24) is 0 Å². The molecule has 1 aliphatic carbocycles. The summed E-state index contributed by atoms with van der Waals surface area (Å²) in [6, 6.07) is 11.2. The van der Waals surface area contributed by atoms with Crippen LogP contribution in [-0.2, 0) is 17.6 Å². The minimum absolute atomic E-state index is 0. The molecule has 2 aromatic carbocycles. The van der Waals surface area contributed by atoms with Gasteiger partial charge in [0.1, 0.15) is 6.61 Å². The Morgan fingerprint density at radius 1 is 1.07 bits per heavy atom. The third-order valence-electron chi connectivity index (χ3n) is 6.25. The molecule has 152 valence electrons. The first-order valence-electron chi connectivity index (χ1n) is 9.57. The summed E-state index contributed by atoms with van der Waals surface area (Å²) in [5, 5.41) is 9.14. The molecule has 2 aromatic rings. The summed E-state index contributed by atoms with van der Waals surface area (Å²) < 4.78 is 10.8. The molecule has 2 heterocycles. The maximum absolute atomic E-state index is 13.4. The van der Waals surface area contributed by atoms with Crippen molar-refractivity contribution < 1.29 is 24.2 Å². The number of carbonyl (C=O) groups excluding carboxylic acids is 2. The van der Waals surface area contributed by atoms with Crippen LogP contribution in [0.1, 0.15) is 34.3 Å². The molecule has 0 bridgehead atoms. The number of amides is 1. The molecule has 7 heteroatoms. The largest absolute Gasteiger partial charge is 0.454 e. The van der Waals surface area contributed by atoms with E-state index >= 15 is 0 Å². The van der Waals surface area contributed by atoms with Crippen LogP contribution in [0.4, 0.5) is 5.69 Å². The second-order valence-electron chi connectivity index (χ2n) is 7.77. The molecule has 5 rings (SSSR count). The number of rotatable bonds is 3. The summed E-state index contributed by atoms with van der Waals surface area (Å²) >= 11 is 0. The van der Waals surface area contributed by atoms with Crippen molar-refractivity contribution in [2.45, 2.75) is 25.7 Å². The van der Waals surface area contributed by atoms with Gasteiger partial charge in [-0.25, -0.2) is 0 Å². The minimum atomic E-state index is -0.499. The predicted molar refractivity (Wildman–Crippen MR) is 112 cm³/mol. The van der Waals surface area contributed by atoms with Crippen LogP contribution in [0.3, 0.4) is 0 Å². The number of ether oxygens (including phenoxy) is 2. The van der Waals surface area contributed by atoms with E-state index in [9.17, 15) is 9.59 Å². The number of Topliss-reactive ketones (excluding diaryl/α,β-unsaturated/α-hetero) is 1. The Balaban J connectivity index is 0.00000205. The van der Waals surface area contributed by atoms with Crippen molar-refractivity contribution in [2.75, 3.05) is 24.8 Å². The zero-order valence-electron chi connectivity index (χ0n) is 15.9. The van der Waals surface area contributed by atoms with Gasteiger partial charge in [-0.1, -0.05) is 12.1 Å². The molecule has 1 fully saturated rings. The summed E-state index contributed by atoms with van der Waals surface area (Å²) in [4.78, 5) is 27.1. The van der Waals surface area contributed by atoms with Crippen molar-refractivity contribution in [3.63, 3.8) is 0 Å². The standard InChI is InChI=1S/C22H21NO5.H2S/c24-12-18(25)15-2-1-14-5-6-22(11-16(14)9-15)7-8-23(21(22)26)17-3-4-19-20(10-17)28-13-27-19;/h1-4,9-10,24H,5-8,11-13H2;1H2/t22-;/m1./s1. The van der Waals surface area contributed by atoms with Crippen molar-refractivity contribution in [3.05, 3.63) is 53.1 Å². The van der Waals surface area contributed by atoms with Gasteiger partial charge in [-0.2, -0.15) is 13.5 Å². The van der Waals surface area contributed by atoms with Gasteiger partial charge in [0, 0.05) is 23.9 Å². The maximum Gasteiger partial charge on any atom is 0.233 e. The van der Waals surface area contributed by atoms with Crippen LogP contribution in [0.5, 0.6) is 11.5 Å². The Morgan fingerprint density at radius 2 is 1.90 bits per heavy atom. The number of anilines is 1. The quantitative estimate of drug-likeness (QED) is 0.783. The van der Waals surface area contributed by atoms with E-state index in [0.717, 1.165) is 30.5 Å². The number of fused-ring (bicyclic) bond motifs is 2. The monoisotopic (exact) mass is 413 g/mol. The first-order chi connectivity index (χ1) is 13.6. The van der Waals surface area contributed by atoms with Gasteiger partial charge in [0.15, 0.2) is 17.3 Å². The fourth-order valence-corrected chi connectivity index (χ4v) is 4.64. The van der Waals surface area contributed by atoms with Gasteiger partial charge in [0.25, 0.3) is 0 Å². The highest BCUT2D eigenvalue weighted by Crippen LogP contribution is 2.46. The fourth-order valence-electron chi connectivity index (χ4n) is 4.64. The third kappa shape index (κ3) is 3.18. The van der Waals surface area contributed by atoms with E-state index in [0.29, 0.717) is 30.0 Å². The molecule has 1 spiro atoms. The highest BCUT2D eigenvalue weighted by Gasteiger charge is 2.48. The molecular formula is C22H23NO5S. The Kier molecular flexibility index (Phi) is 5.04. The van der Waals surface area contributed by atoms with Crippen LogP contribution in [0.25, 0.3) is 0 Å². The van der Waals surface area contributed by atoms with Crippen LogP contribution >= 0.6 is 13.5 Å². The number of carbonyl (C=O) groups is 2. The lowest BCUT2D eigenvalue weighted by Gasteiger charge is -2.33. The Bertz CT molecular complexity index is 991. The molecule has 1 N–H and O–H groups in total. The van der Waals surface area contributed by atoms with Crippen LogP contribution < -0.4 is 14.4 Å². The summed E-state index contributed by atoms with van der Waals surface area (Å²) in [5.74, 6) is 1.23. The molecule has 1 atom stereocenters. The molecule has 0 radical (unpaired) electrons. The van der Waals surface area contributed by atoms with Gasteiger partial charge in [-0.15, -0.1) is 0 Å². The van der Waals surface area contributed by atoms with Crippen LogP contribution in [0, 0.1) is 5.41 Å². The number of aliphatic hydroxyl groups is 1. The Hall–Kier alpha value is -2.51. The van der Waals surface area contributed by atoms with Gasteiger partial charge >= 0.3 is 0 Å². The van der Waals surface area contributed by atoms with Gasteiger partial charge in [-0.3, -0.25) is 9.59 Å². The molecular weight excluding hydrogens is 390 g/mol. The fraction of sp³-hybridized carbons (Fsp3) is 0.364. The number of hydrogen-bond donors (Lipinski definition) is 1. The number of hydrogen-bond acceptors (Lipinski definition) is 5. The third-order valence-corrected chi connectivity index (χ3v) is 6.25. The van der Waals surface area contributed by atoms with Crippen molar-refractivity contribution in [1.29, 1.82) is 0 Å². The topological polar surface area (TPSA) is 76.1 Å². The second-order valence-corrected chi connectivity index (χ2v) is 7.77. The summed E-state index contributed by atoms with van der Waals surface area (Å²) in [6.07, 6.45) is 3.06. The highest BCUT2D eigenvalue weighted by atomic mass is 32.1. The molecule has 29 heavy (non-hydrogen) atoms. The molecule has 2 aliphatic heterocycles. The first-order valence-corrected chi connectivity index (χ1v) is 9.57. The van der Waals surface area contributed by atoms with Crippen LogP contribution in [0.15, 0.2) is 36.4 Å². The summed E-state index contributed by atoms with van der Waals surface area (Å²) in [6.45, 7) is 0.381. The zero-order valence-corrected chi connectivity index (χ0v) is 16.9. The average Bonchev–Trinajstić information content (AvgIpc) is 3.31. The van der Waals surface area contributed by atoms with E-state index in [1.165, 1.54) is 5.56 Å². The normalized spacial score (nSPS) is 21.8. The number of aliphatic hydroxyl groups excluding tert-OH is 1. The lowest BCUT2D eigenvalue weighted by Crippen LogP contribution is -2.38. The lowest BCUT2D eigenvalue weighted by atomic mass is 9.70. The second kappa shape index (κ2) is 7.39. The van der Waals surface area contributed by atoms with Crippen LogP contribution in [0.2, 0.25) is 0 Å².